The molecule has 13 heavy (non-hydrogen) atoms. The molecule has 1 amide bonds. The highest BCUT2D eigenvalue weighted by Gasteiger charge is 2.18. The van der Waals surface area contributed by atoms with Crippen molar-refractivity contribution in [1.82, 2.24) is 5.32 Å². The quantitative estimate of drug-likeness (QED) is 0.644. The van der Waals surface area contributed by atoms with E-state index >= 15 is 0 Å². The summed E-state index contributed by atoms with van der Waals surface area (Å²) in [5, 5.41) is 2.78. The van der Waals surface area contributed by atoms with E-state index in [2.05, 4.69) is 5.32 Å². The highest BCUT2D eigenvalue weighted by atomic mass is 16.5. The van der Waals surface area contributed by atoms with Crippen molar-refractivity contribution in [2.24, 2.45) is 11.1 Å². The molecule has 0 bridgehead atoms. The van der Waals surface area contributed by atoms with Crippen molar-refractivity contribution in [3.05, 3.63) is 0 Å². The summed E-state index contributed by atoms with van der Waals surface area (Å²) in [6, 6.07) is 0. The van der Waals surface area contributed by atoms with Crippen LogP contribution in [0.1, 0.15) is 20.8 Å². The molecule has 0 aliphatic rings. The average Bonchev–Trinajstić information content (AvgIpc) is 2.13. The molecule has 0 saturated heterocycles. The van der Waals surface area contributed by atoms with Crippen LogP contribution < -0.4 is 11.1 Å². The molecule has 0 aromatic carbocycles. The normalized spacial score (nSPS) is 13.9. The maximum absolute atomic E-state index is 11.3. The van der Waals surface area contributed by atoms with Crippen molar-refractivity contribution in [3.63, 3.8) is 0 Å². The summed E-state index contributed by atoms with van der Waals surface area (Å²) < 4.78 is 4.87. The van der Waals surface area contributed by atoms with Gasteiger partial charge in [0.15, 0.2) is 0 Å². The zero-order valence-corrected chi connectivity index (χ0v) is 8.89. The molecule has 1 unspecified atom stereocenters. The summed E-state index contributed by atoms with van der Waals surface area (Å²) in [4.78, 5) is 11.3. The fourth-order valence-corrected chi connectivity index (χ4v) is 0.649. The molecule has 4 nitrogen and oxygen atoms in total. The first-order valence-electron chi connectivity index (χ1n) is 4.43. The number of carbonyl (C=O) groups is 1. The van der Waals surface area contributed by atoms with E-state index in [0.29, 0.717) is 13.1 Å². The van der Waals surface area contributed by atoms with Gasteiger partial charge < -0.3 is 15.8 Å². The van der Waals surface area contributed by atoms with Crippen LogP contribution in [0, 0.1) is 5.41 Å². The number of nitrogens with two attached hydrogens (primary N) is 1. The van der Waals surface area contributed by atoms with Crippen LogP contribution in [0.25, 0.3) is 0 Å². The van der Waals surface area contributed by atoms with Crippen LogP contribution >= 0.6 is 0 Å². The van der Waals surface area contributed by atoms with E-state index in [1.807, 2.05) is 13.8 Å². The second-order valence-electron chi connectivity index (χ2n) is 3.96. The lowest BCUT2D eigenvalue weighted by molar-refractivity contribution is -0.130. The second kappa shape index (κ2) is 5.19. The van der Waals surface area contributed by atoms with Crippen LogP contribution in [0.2, 0.25) is 0 Å². The molecule has 0 aliphatic heterocycles. The Morgan fingerprint density at radius 3 is 2.54 bits per heavy atom. The van der Waals surface area contributed by atoms with E-state index in [0.717, 1.165) is 0 Å². The Bertz CT molecular complexity index is 169. The monoisotopic (exact) mass is 188 g/mol. The summed E-state index contributed by atoms with van der Waals surface area (Å²) in [6.07, 6.45) is -0.395. The van der Waals surface area contributed by atoms with Gasteiger partial charge in [-0.1, -0.05) is 13.8 Å². The molecule has 0 heterocycles. The van der Waals surface area contributed by atoms with E-state index in [-0.39, 0.29) is 11.3 Å². The highest BCUT2D eigenvalue weighted by Crippen LogP contribution is 2.09. The van der Waals surface area contributed by atoms with Crippen LogP contribution in [0.4, 0.5) is 0 Å². The lowest BCUT2D eigenvalue weighted by Gasteiger charge is -2.23. The van der Waals surface area contributed by atoms with Crippen molar-refractivity contribution in [3.8, 4) is 0 Å². The number of carbonyl (C=O) groups excluding carboxylic acids is 1. The molecule has 0 rings (SSSR count). The third-order valence-electron chi connectivity index (χ3n) is 2.02. The van der Waals surface area contributed by atoms with Gasteiger partial charge in [0.25, 0.3) is 0 Å². The number of nitrogens with one attached hydrogen (secondary N) is 1. The molecule has 0 spiro atoms. The number of hydrogen-bond acceptors (Lipinski definition) is 3. The minimum atomic E-state index is -0.395. The maximum Gasteiger partial charge on any atom is 0.248 e. The number of amides is 1. The van der Waals surface area contributed by atoms with E-state index in [1.54, 1.807) is 6.92 Å². The number of hydrogen-bond donors (Lipinski definition) is 2. The third-order valence-corrected chi connectivity index (χ3v) is 2.02. The van der Waals surface area contributed by atoms with Gasteiger partial charge in [0.05, 0.1) is 0 Å². The van der Waals surface area contributed by atoms with Gasteiger partial charge in [0.2, 0.25) is 5.91 Å². The van der Waals surface area contributed by atoms with Crippen molar-refractivity contribution in [2.75, 3.05) is 20.2 Å². The molecule has 4 heteroatoms. The fraction of sp³-hybridized carbons (Fsp3) is 0.889. The molecule has 0 aromatic rings. The van der Waals surface area contributed by atoms with Gasteiger partial charge >= 0.3 is 0 Å². The Balaban J connectivity index is 3.83. The molecule has 78 valence electrons. The Hall–Kier alpha value is -0.610. The molecule has 3 N–H and O–H groups in total. The topological polar surface area (TPSA) is 64.3 Å². The van der Waals surface area contributed by atoms with Crippen molar-refractivity contribution in [1.29, 1.82) is 0 Å². The van der Waals surface area contributed by atoms with Gasteiger partial charge in [0, 0.05) is 13.7 Å². The SMILES string of the molecule is COC(C)C(=O)NCC(C)(C)CN. The average molecular weight is 188 g/mol. The molecule has 0 fully saturated rings. The Kier molecular flexibility index (Phi) is 4.95. The summed E-state index contributed by atoms with van der Waals surface area (Å²) in [5.74, 6) is -0.0935. The van der Waals surface area contributed by atoms with E-state index in [1.165, 1.54) is 7.11 Å². The molecular formula is C9H20N2O2. The third kappa shape index (κ3) is 4.85. The lowest BCUT2D eigenvalue weighted by Crippen LogP contribution is -2.42. The Labute approximate surface area is 79.8 Å². The van der Waals surface area contributed by atoms with Crippen LogP contribution in [-0.4, -0.2) is 32.2 Å². The van der Waals surface area contributed by atoms with Crippen molar-refractivity contribution < 1.29 is 9.53 Å². The highest BCUT2D eigenvalue weighted by molar-refractivity contribution is 5.80. The zero-order chi connectivity index (χ0) is 10.5. The van der Waals surface area contributed by atoms with Gasteiger partial charge in [-0.25, -0.2) is 0 Å². The molecule has 0 aliphatic carbocycles. The van der Waals surface area contributed by atoms with Crippen LogP contribution in [0.15, 0.2) is 0 Å². The largest absolute Gasteiger partial charge is 0.372 e. The second-order valence-corrected chi connectivity index (χ2v) is 3.96. The Morgan fingerprint density at radius 1 is 1.62 bits per heavy atom. The first kappa shape index (κ1) is 12.4. The fourth-order valence-electron chi connectivity index (χ4n) is 0.649. The van der Waals surface area contributed by atoms with Gasteiger partial charge in [-0.3, -0.25) is 4.79 Å². The maximum atomic E-state index is 11.3. The molecule has 0 radical (unpaired) electrons. The van der Waals surface area contributed by atoms with E-state index < -0.39 is 6.10 Å². The van der Waals surface area contributed by atoms with Crippen LogP contribution in [0.5, 0.6) is 0 Å². The van der Waals surface area contributed by atoms with Crippen molar-refractivity contribution in [2.45, 2.75) is 26.9 Å². The predicted molar refractivity (Wildman–Crippen MR) is 52.3 cm³/mol. The number of rotatable bonds is 5. The molecule has 0 aromatic heterocycles. The molecular weight excluding hydrogens is 168 g/mol. The van der Waals surface area contributed by atoms with E-state index in [9.17, 15) is 4.79 Å². The summed E-state index contributed by atoms with van der Waals surface area (Å²) >= 11 is 0. The molecule has 1 atom stereocenters. The number of ether oxygens (including phenoxy) is 1. The minimum Gasteiger partial charge on any atom is -0.372 e. The standard InChI is InChI=1S/C9H20N2O2/c1-7(13-4)8(12)11-6-9(2,3)5-10/h7H,5-6,10H2,1-4H3,(H,11,12). The zero-order valence-electron chi connectivity index (χ0n) is 8.89. The van der Waals surface area contributed by atoms with Crippen LogP contribution in [-0.2, 0) is 9.53 Å². The van der Waals surface area contributed by atoms with Crippen molar-refractivity contribution >= 4 is 5.91 Å². The summed E-state index contributed by atoms with van der Waals surface area (Å²) in [6.45, 7) is 6.85. The van der Waals surface area contributed by atoms with Gasteiger partial charge in [0.1, 0.15) is 6.10 Å². The smallest absolute Gasteiger partial charge is 0.248 e. The van der Waals surface area contributed by atoms with Gasteiger partial charge in [-0.05, 0) is 18.9 Å². The van der Waals surface area contributed by atoms with Crippen LogP contribution in [0.3, 0.4) is 0 Å². The first-order chi connectivity index (χ1) is 5.93. The molecule has 0 saturated carbocycles. The van der Waals surface area contributed by atoms with Gasteiger partial charge in [-0.2, -0.15) is 0 Å². The van der Waals surface area contributed by atoms with E-state index in [4.69, 9.17) is 10.5 Å². The number of methoxy groups -OCH3 is 1. The summed E-state index contributed by atoms with van der Waals surface area (Å²) in [5.41, 5.74) is 5.47. The van der Waals surface area contributed by atoms with Gasteiger partial charge in [-0.15, -0.1) is 0 Å². The summed E-state index contributed by atoms with van der Waals surface area (Å²) in [7, 11) is 1.51. The first-order valence-corrected chi connectivity index (χ1v) is 4.43. The lowest BCUT2D eigenvalue weighted by atomic mass is 9.94. The Morgan fingerprint density at radius 2 is 2.15 bits per heavy atom. The minimum absolute atomic E-state index is 0.0525. The predicted octanol–water partition coefficient (Wildman–Crippen LogP) is 0.122.